The van der Waals surface area contributed by atoms with E-state index in [0.29, 0.717) is 18.1 Å². The van der Waals surface area contributed by atoms with Crippen LogP contribution in [0.15, 0.2) is 30.3 Å². The zero-order valence-corrected chi connectivity index (χ0v) is 11.7. The largest absolute Gasteiger partial charge is 0.328 e. The van der Waals surface area contributed by atoms with Gasteiger partial charge in [0.25, 0.3) is 0 Å². The lowest BCUT2D eigenvalue weighted by atomic mass is 9.95. The van der Waals surface area contributed by atoms with Crippen LogP contribution in [0.4, 0.5) is 0 Å². The van der Waals surface area contributed by atoms with Gasteiger partial charge >= 0.3 is 0 Å². The van der Waals surface area contributed by atoms with E-state index in [0.717, 1.165) is 19.4 Å². The molecule has 0 amide bonds. The van der Waals surface area contributed by atoms with E-state index in [-0.39, 0.29) is 0 Å². The number of rotatable bonds is 4. The first kappa shape index (κ1) is 13.6. The number of nitrogens with two attached hydrogens (primary N) is 1. The number of nitrogens with zero attached hydrogens (tertiary/aromatic N) is 1. The molecular weight excluding hydrogens is 220 g/mol. The summed E-state index contributed by atoms with van der Waals surface area (Å²) in [7, 11) is 0. The Morgan fingerprint density at radius 1 is 1.33 bits per heavy atom. The fourth-order valence-electron chi connectivity index (χ4n) is 3.07. The van der Waals surface area contributed by atoms with E-state index >= 15 is 0 Å². The summed E-state index contributed by atoms with van der Waals surface area (Å²) in [4.78, 5) is 2.63. The molecule has 18 heavy (non-hydrogen) atoms. The van der Waals surface area contributed by atoms with Crippen molar-refractivity contribution in [1.29, 1.82) is 0 Å². The van der Waals surface area contributed by atoms with Gasteiger partial charge in [-0.05, 0) is 45.1 Å². The highest BCUT2D eigenvalue weighted by molar-refractivity contribution is 5.14. The van der Waals surface area contributed by atoms with Crippen LogP contribution in [0.5, 0.6) is 0 Å². The summed E-state index contributed by atoms with van der Waals surface area (Å²) in [6.07, 6.45) is 4.72. The summed E-state index contributed by atoms with van der Waals surface area (Å²) < 4.78 is 0. The van der Waals surface area contributed by atoms with Gasteiger partial charge in [-0.25, -0.2) is 0 Å². The van der Waals surface area contributed by atoms with Crippen LogP contribution < -0.4 is 5.73 Å². The predicted octanol–water partition coefficient (Wildman–Crippen LogP) is 2.82. The maximum absolute atomic E-state index is 6.03. The van der Waals surface area contributed by atoms with Gasteiger partial charge in [-0.1, -0.05) is 30.3 Å². The molecule has 100 valence electrons. The van der Waals surface area contributed by atoms with E-state index < -0.39 is 0 Å². The van der Waals surface area contributed by atoms with Crippen LogP contribution in [0.2, 0.25) is 0 Å². The van der Waals surface area contributed by atoms with Gasteiger partial charge in [0.2, 0.25) is 0 Å². The smallest absolute Gasteiger partial charge is 0.00844 e. The molecule has 2 rings (SSSR count). The second kappa shape index (κ2) is 6.35. The molecule has 1 saturated heterocycles. The summed E-state index contributed by atoms with van der Waals surface area (Å²) in [6.45, 7) is 5.84. The van der Waals surface area contributed by atoms with E-state index in [1.165, 1.54) is 18.4 Å². The molecule has 0 radical (unpaired) electrons. The highest BCUT2D eigenvalue weighted by atomic mass is 15.2. The normalized spacial score (nSPS) is 27.1. The fraction of sp³-hybridized carbons (Fsp3) is 0.625. The molecule has 0 bridgehead atoms. The van der Waals surface area contributed by atoms with E-state index in [4.69, 9.17) is 5.73 Å². The Morgan fingerprint density at radius 3 is 2.72 bits per heavy atom. The Kier molecular flexibility index (Phi) is 4.79. The summed E-state index contributed by atoms with van der Waals surface area (Å²) >= 11 is 0. The molecule has 1 fully saturated rings. The Labute approximate surface area is 111 Å². The van der Waals surface area contributed by atoms with Crippen LogP contribution in [-0.2, 0) is 6.42 Å². The van der Waals surface area contributed by atoms with Crippen molar-refractivity contribution in [3.63, 3.8) is 0 Å². The first-order chi connectivity index (χ1) is 8.66. The van der Waals surface area contributed by atoms with E-state index in [9.17, 15) is 0 Å². The first-order valence-corrected chi connectivity index (χ1v) is 7.22. The van der Waals surface area contributed by atoms with E-state index in [1.807, 2.05) is 0 Å². The van der Waals surface area contributed by atoms with Crippen molar-refractivity contribution in [2.45, 2.75) is 57.7 Å². The summed E-state index contributed by atoms with van der Waals surface area (Å²) in [5, 5.41) is 0. The molecule has 1 aromatic rings. The molecule has 3 atom stereocenters. The number of hydrogen-bond acceptors (Lipinski definition) is 2. The summed E-state index contributed by atoms with van der Waals surface area (Å²) in [6, 6.07) is 12.5. The van der Waals surface area contributed by atoms with Crippen molar-refractivity contribution < 1.29 is 0 Å². The summed E-state index contributed by atoms with van der Waals surface area (Å²) in [5.74, 6) is 0. The van der Waals surface area contributed by atoms with E-state index in [1.54, 1.807) is 0 Å². The van der Waals surface area contributed by atoms with Gasteiger partial charge in [0, 0.05) is 24.7 Å². The minimum absolute atomic E-state index is 0.414. The molecule has 3 unspecified atom stereocenters. The van der Waals surface area contributed by atoms with Crippen LogP contribution in [0, 0.1) is 0 Å². The molecule has 1 aliphatic rings. The van der Waals surface area contributed by atoms with Gasteiger partial charge < -0.3 is 5.73 Å². The van der Waals surface area contributed by atoms with Gasteiger partial charge in [0.1, 0.15) is 0 Å². The maximum Gasteiger partial charge on any atom is 0.00844 e. The van der Waals surface area contributed by atoms with Crippen LogP contribution in [0.1, 0.15) is 38.7 Å². The Morgan fingerprint density at radius 2 is 2.06 bits per heavy atom. The lowest BCUT2D eigenvalue weighted by molar-refractivity contribution is 0.0997. The van der Waals surface area contributed by atoms with Crippen LogP contribution >= 0.6 is 0 Å². The van der Waals surface area contributed by atoms with Crippen molar-refractivity contribution in [2.24, 2.45) is 5.73 Å². The van der Waals surface area contributed by atoms with Gasteiger partial charge in [0.05, 0.1) is 0 Å². The highest BCUT2D eigenvalue weighted by Crippen LogP contribution is 2.21. The van der Waals surface area contributed by atoms with Crippen LogP contribution in [-0.4, -0.2) is 29.6 Å². The van der Waals surface area contributed by atoms with Crippen LogP contribution in [0.25, 0.3) is 0 Å². The molecule has 0 aromatic heterocycles. The average Bonchev–Trinajstić information content (AvgIpc) is 2.37. The van der Waals surface area contributed by atoms with Crippen molar-refractivity contribution in [3.8, 4) is 0 Å². The van der Waals surface area contributed by atoms with Crippen molar-refractivity contribution in [3.05, 3.63) is 35.9 Å². The molecule has 0 saturated carbocycles. The van der Waals surface area contributed by atoms with Gasteiger partial charge in [-0.3, -0.25) is 4.90 Å². The van der Waals surface area contributed by atoms with Gasteiger partial charge in [-0.2, -0.15) is 0 Å². The lowest BCUT2D eigenvalue weighted by Crippen LogP contribution is -2.49. The zero-order chi connectivity index (χ0) is 13.0. The monoisotopic (exact) mass is 246 g/mol. The molecular formula is C16H26N2. The number of aryl methyl sites for hydroxylation is 1. The molecule has 2 nitrogen and oxygen atoms in total. The highest BCUT2D eigenvalue weighted by Gasteiger charge is 2.26. The first-order valence-electron chi connectivity index (χ1n) is 7.22. The third-order valence-electron chi connectivity index (χ3n) is 4.23. The topological polar surface area (TPSA) is 29.3 Å². The standard InChI is InChI=1S/C16H26N2/c1-13(8-9-15-6-4-3-5-7-15)18-11-10-16(17)12-14(18)2/h3-7,13-14,16H,8-12,17H2,1-2H3. The maximum atomic E-state index is 6.03. The number of piperidine rings is 1. The lowest BCUT2D eigenvalue weighted by Gasteiger charge is -2.40. The summed E-state index contributed by atoms with van der Waals surface area (Å²) in [5.41, 5.74) is 7.48. The average molecular weight is 246 g/mol. The van der Waals surface area contributed by atoms with Gasteiger partial charge in [-0.15, -0.1) is 0 Å². The molecule has 1 heterocycles. The third-order valence-corrected chi connectivity index (χ3v) is 4.23. The Hall–Kier alpha value is -0.860. The second-order valence-corrected chi connectivity index (χ2v) is 5.74. The fourth-order valence-corrected chi connectivity index (χ4v) is 3.07. The molecule has 0 aliphatic carbocycles. The third kappa shape index (κ3) is 3.56. The quantitative estimate of drug-likeness (QED) is 0.885. The molecule has 2 heteroatoms. The van der Waals surface area contributed by atoms with Crippen molar-refractivity contribution in [2.75, 3.05) is 6.54 Å². The van der Waals surface area contributed by atoms with Crippen molar-refractivity contribution in [1.82, 2.24) is 4.90 Å². The zero-order valence-electron chi connectivity index (χ0n) is 11.7. The minimum Gasteiger partial charge on any atom is -0.328 e. The molecule has 2 N–H and O–H groups in total. The second-order valence-electron chi connectivity index (χ2n) is 5.74. The van der Waals surface area contributed by atoms with Gasteiger partial charge in [0.15, 0.2) is 0 Å². The number of benzene rings is 1. The molecule has 1 aromatic carbocycles. The Bertz CT molecular complexity index is 349. The van der Waals surface area contributed by atoms with E-state index in [2.05, 4.69) is 49.1 Å². The van der Waals surface area contributed by atoms with Crippen LogP contribution in [0.3, 0.4) is 0 Å². The predicted molar refractivity (Wildman–Crippen MR) is 77.6 cm³/mol. The van der Waals surface area contributed by atoms with Crippen molar-refractivity contribution >= 4 is 0 Å². The minimum atomic E-state index is 0.414. The molecule has 0 spiro atoms. The Balaban J connectivity index is 1.82. The molecule has 1 aliphatic heterocycles. The number of likely N-dealkylation sites (tertiary alicyclic amines) is 1. The SMILES string of the molecule is CC(CCc1ccccc1)N1CCC(N)CC1C. The number of hydrogen-bond donors (Lipinski definition) is 1.